The molecule has 2 nitrogen and oxygen atoms in total. The van der Waals surface area contributed by atoms with Crippen LogP contribution in [0.15, 0.2) is 182 Å². The summed E-state index contributed by atoms with van der Waals surface area (Å²) >= 11 is 0. The zero-order valence-corrected chi connectivity index (χ0v) is 32.6. The monoisotopic (exact) mass is 722 g/mol. The number of nitrogens with zero attached hydrogens (tertiary/aromatic N) is 2. The first-order chi connectivity index (χ1) is 27.2. The fourth-order valence-electron chi connectivity index (χ4n) is 9.15. The molecule has 0 atom stereocenters. The fraction of sp³-hybridized carbons (Fsp3) is 0.148. The molecule has 0 bridgehead atoms. The Morgan fingerprint density at radius 1 is 0.393 bits per heavy atom. The van der Waals surface area contributed by atoms with Crippen LogP contribution in [0.5, 0.6) is 0 Å². The summed E-state index contributed by atoms with van der Waals surface area (Å²) < 4.78 is 2.47. The second-order valence-corrected chi connectivity index (χ2v) is 16.9. The maximum atomic E-state index is 2.48. The van der Waals surface area contributed by atoms with Gasteiger partial charge in [-0.15, -0.1) is 0 Å². The van der Waals surface area contributed by atoms with E-state index in [0.717, 1.165) is 17.1 Å². The van der Waals surface area contributed by atoms with E-state index in [9.17, 15) is 0 Å². The third-order valence-corrected chi connectivity index (χ3v) is 12.4. The summed E-state index contributed by atoms with van der Waals surface area (Å²) in [7, 11) is 0. The zero-order valence-electron chi connectivity index (χ0n) is 32.6. The lowest BCUT2D eigenvalue weighted by Crippen LogP contribution is -2.33. The standard InChI is InChI=1S/C54H46N2/c1-53(2)32-33-54(3,4)50-36-46(29-30-49(50)53)56-51-17-11-10-16-47(51)48-35-42(23-31-52(48)56)40-20-26-44(27-21-40)55(45-28-22-38-14-8-9-15-41(38)34-45)43-24-18-39(19-25-43)37-12-6-5-7-13-37/h5-31,34-36H,32-33H2,1-4H3. The predicted molar refractivity (Wildman–Crippen MR) is 239 cm³/mol. The summed E-state index contributed by atoms with van der Waals surface area (Å²) in [5.41, 5.74) is 15.2. The number of anilines is 3. The lowest BCUT2D eigenvalue weighted by atomic mass is 9.63. The van der Waals surface area contributed by atoms with E-state index in [-0.39, 0.29) is 10.8 Å². The molecule has 1 aliphatic carbocycles. The minimum absolute atomic E-state index is 0.147. The number of fused-ring (bicyclic) bond motifs is 5. The van der Waals surface area contributed by atoms with Crippen molar-refractivity contribution < 1.29 is 0 Å². The van der Waals surface area contributed by atoms with Gasteiger partial charge in [-0.05, 0) is 135 Å². The third-order valence-electron chi connectivity index (χ3n) is 12.4. The maximum Gasteiger partial charge on any atom is 0.0541 e. The number of para-hydroxylation sites is 1. The molecule has 10 rings (SSSR count). The van der Waals surface area contributed by atoms with E-state index >= 15 is 0 Å². The van der Waals surface area contributed by atoms with E-state index in [0.29, 0.717) is 0 Å². The Morgan fingerprint density at radius 3 is 1.68 bits per heavy atom. The number of benzene rings is 8. The Hall–Kier alpha value is -6.38. The smallest absolute Gasteiger partial charge is 0.0541 e. The minimum atomic E-state index is 0.147. The molecule has 0 fully saturated rings. The summed E-state index contributed by atoms with van der Waals surface area (Å²) in [5, 5.41) is 5.01. The van der Waals surface area contributed by atoms with Gasteiger partial charge in [-0.2, -0.15) is 0 Å². The summed E-state index contributed by atoms with van der Waals surface area (Å²) in [4.78, 5) is 2.36. The molecule has 56 heavy (non-hydrogen) atoms. The first kappa shape index (κ1) is 34.1. The molecule has 272 valence electrons. The zero-order chi connectivity index (χ0) is 38.0. The molecular weight excluding hydrogens is 677 g/mol. The van der Waals surface area contributed by atoms with Gasteiger partial charge in [0.15, 0.2) is 0 Å². The molecule has 0 radical (unpaired) electrons. The highest BCUT2D eigenvalue weighted by Gasteiger charge is 2.37. The van der Waals surface area contributed by atoms with E-state index in [1.54, 1.807) is 0 Å². The highest BCUT2D eigenvalue weighted by Crippen LogP contribution is 2.47. The highest BCUT2D eigenvalue weighted by molar-refractivity contribution is 6.10. The van der Waals surface area contributed by atoms with E-state index in [1.165, 1.54) is 84.5 Å². The van der Waals surface area contributed by atoms with Crippen molar-refractivity contribution in [2.75, 3.05) is 4.90 Å². The van der Waals surface area contributed by atoms with E-state index in [4.69, 9.17) is 0 Å². The molecule has 1 aliphatic rings. The van der Waals surface area contributed by atoms with E-state index < -0.39 is 0 Å². The van der Waals surface area contributed by atoms with Gasteiger partial charge in [-0.25, -0.2) is 0 Å². The van der Waals surface area contributed by atoms with Crippen molar-refractivity contribution >= 4 is 49.6 Å². The molecule has 1 heterocycles. The number of hydrogen-bond donors (Lipinski definition) is 0. The van der Waals surface area contributed by atoms with Gasteiger partial charge in [-0.3, -0.25) is 0 Å². The first-order valence-corrected chi connectivity index (χ1v) is 20.0. The molecule has 1 aromatic heterocycles. The van der Waals surface area contributed by atoms with E-state index in [2.05, 4.69) is 219 Å². The Morgan fingerprint density at radius 2 is 0.946 bits per heavy atom. The van der Waals surface area contributed by atoms with Crippen LogP contribution >= 0.6 is 0 Å². The van der Waals surface area contributed by atoms with Crippen LogP contribution in [-0.2, 0) is 10.8 Å². The van der Waals surface area contributed by atoms with E-state index in [1.807, 2.05) is 0 Å². The molecule has 0 N–H and O–H groups in total. The van der Waals surface area contributed by atoms with Gasteiger partial charge in [-0.1, -0.05) is 143 Å². The fourth-order valence-corrected chi connectivity index (χ4v) is 9.15. The molecular formula is C54H46N2. The van der Waals surface area contributed by atoms with Crippen molar-refractivity contribution in [2.24, 2.45) is 0 Å². The first-order valence-electron chi connectivity index (χ1n) is 20.0. The van der Waals surface area contributed by atoms with Crippen LogP contribution in [0.3, 0.4) is 0 Å². The van der Waals surface area contributed by atoms with Crippen LogP contribution in [0, 0.1) is 0 Å². The summed E-state index contributed by atoms with van der Waals surface area (Å²) in [5.74, 6) is 0. The molecule has 0 spiro atoms. The maximum absolute atomic E-state index is 2.48. The average molecular weight is 723 g/mol. The molecule has 8 aromatic carbocycles. The predicted octanol–water partition coefficient (Wildman–Crippen LogP) is 15.1. The number of rotatable bonds is 6. The van der Waals surface area contributed by atoms with Gasteiger partial charge in [0.25, 0.3) is 0 Å². The van der Waals surface area contributed by atoms with Crippen LogP contribution in [-0.4, -0.2) is 4.57 Å². The van der Waals surface area contributed by atoms with Crippen molar-refractivity contribution in [3.63, 3.8) is 0 Å². The molecule has 2 heteroatoms. The summed E-state index contributed by atoms with van der Waals surface area (Å²) in [6.07, 6.45) is 2.42. The Labute approximate surface area is 330 Å². The average Bonchev–Trinajstić information content (AvgIpc) is 3.57. The van der Waals surface area contributed by atoms with Crippen molar-refractivity contribution in [1.82, 2.24) is 4.57 Å². The van der Waals surface area contributed by atoms with Gasteiger partial charge >= 0.3 is 0 Å². The van der Waals surface area contributed by atoms with Crippen LogP contribution in [0.1, 0.15) is 51.7 Å². The Balaban J connectivity index is 1.05. The topological polar surface area (TPSA) is 8.17 Å². The normalized spacial score (nSPS) is 14.6. The van der Waals surface area contributed by atoms with Crippen LogP contribution in [0.4, 0.5) is 17.1 Å². The SMILES string of the molecule is CC1(C)CCC(C)(C)c2cc(-n3c4ccccc4c4cc(-c5ccc(N(c6ccc(-c7ccccc7)cc6)c6ccc7ccccc7c6)cc5)ccc43)ccc21. The van der Waals surface area contributed by atoms with Gasteiger partial charge in [0.05, 0.1) is 11.0 Å². The Bertz CT molecular complexity index is 2890. The van der Waals surface area contributed by atoms with Crippen molar-refractivity contribution in [3.05, 3.63) is 193 Å². The largest absolute Gasteiger partial charge is 0.310 e. The highest BCUT2D eigenvalue weighted by atomic mass is 15.1. The minimum Gasteiger partial charge on any atom is -0.310 e. The lowest BCUT2D eigenvalue weighted by Gasteiger charge is -2.42. The lowest BCUT2D eigenvalue weighted by molar-refractivity contribution is 0.332. The van der Waals surface area contributed by atoms with Crippen LogP contribution in [0.2, 0.25) is 0 Å². The second kappa shape index (κ2) is 13.1. The quantitative estimate of drug-likeness (QED) is 0.166. The molecule has 0 amide bonds. The molecule has 0 saturated carbocycles. The third kappa shape index (κ3) is 5.80. The Kier molecular flexibility index (Phi) is 8.01. The van der Waals surface area contributed by atoms with Crippen molar-refractivity contribution in [2.45, 2.75) is 51.4 Å². The van der Waals surface area contributed by atoms with Crippen LogP contribution in [0.25, 0.3) is 60.5 Å². The van der Waals surface area contributed by atoms with Crippen molar-refractivity contribution in [3.8, 4) is 27.9 Å². The van der Waals surface area contributed by atoms with Crippen molar-refractivity contribution in [1.29, 1.82) is 0 Å². The summed E-state index contributed by atoms with van der Waals surface area (Å²) in [6, 6.07) is 67.0. The number of aromatic nitrogens is 1. The summed E-state index contributed by atoms with van der Waals surface area (Å²) in [6.45, 7) is 9.63. The van der Waals surface area contributed by atoms with Gasteiger partial charge in [0.1, 0.15) is 0 Å². The molecule has 0 unspecified atom stereocenters. The van der Waals surface area contributed by atoms with Gasteiger partial charge in [0.2, 0.25) is 0 Å². The number of hydrogen-bond acceptors (Lipinski definition) is 1. The molecule has 0 saturated heterocycles. The molecule has 9 aromatic rings. The van der Waals surface area contributed by atoms with Crippen LogP contribution < -0.4 is 4.90 Å². The second-order valence-electron chi connectivity index (χ2n) is 16.9. The van der Waals surface area contributed by atoms with Gasteiger partial charge < -0.3 is 9.47 Å². The van der Waals surface area contributed by atoms with Gasteiger partial charge in [0, 0.05) is 33.5 Å². The molecule has 0 aliphatic heterocycles.